The summed E-state index contributed by atoms with van der Waals surface area (Å²) in [5.41, 5.74) is 0.952. The van der Waals surface area contributed by atoms with Crippen LogP contribution in [0.25, 0.3) is 0 Å². The van der Waals surface area contributed by atoms with Gasteiger partial charge in [0.25, 0.3) is 0 Å². The smallest absolute Gasteiger partial charge is 0.335 e. The van der Waals surface area contributed by atoms with E-state index in [1.54, 1.807) is 31.4 Å². The quantitative estimate of drug-likeness (QED) is 0.804. The van der Waals surface area contributed by atoms with Crippen molar-refractivity contribution in [2.75, 3.05) is 20.3 Å². The molecule has 1 saturated carbocycles. The largest absolute Gasteiger partial charge is 0.478 e. The third kappa shape index (κ3) is 3.61. The first-order chi connectivity index (χ1) is 10.1. The van der Waals surface area contributed by atoms with Crippen molar-refractivity contribution in [2.45, 2.75) is 25.7 Å². The highest BCUT2D eigenvalue weighted by molar-refractivity contribution is 5.87. The van der Waals surface area contributed by atoms with Crippen LogP contribution < -0.4 is 5.32 Å². The molecule has 21 heavy (non-hydrogen) atoms. The van der Waals surface area contributed by atoms with E-state index in [1.807, 2.05) is 0 Å². The maximum absolute atomic E-state index is 12.2. The van der Waals surface area contributed by atoms with E-state index in [4.69, 9.17) is 9.84 Å². The van der Waals surface area contributed by atoms with Crippen LogP contribution in [-0.2, 0) is 16.0 Å². The summed E-state index contributed by atoms with van der Waals surface area (Å²) < 4.78 is 5.15. The monoisotopic (exact) mass is 291 g/mol. The second-order valence-electron chi connectivity index (χ2n) is 5.57. The number of hydrogen-bond donors (Lipinski definition) is 2. The Balaban J connectivity index is 1.81. The third-order valence-corrected chi connectivity index (χ3v) is 4.11. The summed E-state index contributed by atoms with van der Waals surface area (Å²) in [5, 5.41) is 11.8. The average Bonchev–Trinajstić information content (AvgIpc) is 2.43. The third-order valence-electron chi connectivity index (χ3n) is 4.11. The van der Waals surface area contributed by atoms with Crippen molar-refractivity contribution in [3.8, 4) is 0 Å². The second kappa shape index (κ2) is 6.72. The minimum Gasteiger partial charge on any atom is -0.478 e. The van der Waals surface area contributed by atoms with Crippen LogP contribution in [0, 0.1) is 5.41 Å². The van der Waals surface area contributed by atoms with Crippen LogP contribution in [0.1, 0.15) is 35.2 Å². The minimum atomic E-state index is -0.929. The summed E-state index contributed by atoms with van der Waals surface area (Å²) in [5.74, 6) is -0.862. The molecule has 0 radical (unpaired) electrons. The number of amides is 1. The first-order valence-electron chi connectivity index (χ1n) is 7.17. The first-order valence-corrected chi connectivity index (χ1v) is 7.17. The summed E-state index contributed by atoms with van der Waals surface area (Å²) in [4.78, 5) is 23.0. The molecular weight excluding hydrogens is 270 g/mol. The first kappa shape index (κ1) is 15.5. The van der Waals surface area contributed by atoms with Gasteiger partial charge in [0, 0.05) is 13.7 Å². The van der Waals surface area contributed by atoms with Crippen molar-refractivity contribution in [1.82, 2.24) is 5.32 Å². The number of benzene rings is 1. The Morgan fingerprint density at radius 1 is 1.29 bits per heavy atom. The van der Waals surface area contributed by atoms with Crippen molar-refractivity contribution in [1.29, 1.82) is 0 Å². The van der Waals surface area contributed by atoms with Crippen LogP contribution in [0.2, 0.25) is 0 Å². The number of hydrogen-bond acceptors (Lipinski definition) is 3. The van der Waals surface area contributed by atoms with E-state index in [0.29, 0.717) is 19.6 Å². The Hall–Kier alpha value is -1.88. The zero-order valence-corrected chi connectivity index (χ0v) is 12.2. The van der Waals surface area contributed by atoms with Crippen LogP contribution >= 0.6 is 0 Å². The number of rotatable bonds is 7. The molecule has 1 aliphatic rings. The highest BCUT2D eigenvalue weighted by atomic mass is 16.5. The fraction of sp³-hybridized carbons (Fsp3) is 0.500. The molecule has 1 aliphatic carbocycles. The van der Waals surface area contributed by atoms with Gasteiger partial charge in [0.15, 0.2) is 0 Å². The van der Waals surface area contributed by atoms with Crippen LogP contribution in [0.4, 0.5) is 0 Å². The molecule has 5 nitrogen and oxygen atoms in total. The van der Waals surface area contributed by atoms with Gasteiger partial charge in [-0.3, -0.25) is 4.79 Å². The number of carbonyl (C=O) groups excluding carboxylic acids is 1. The fourth-order valence-corrected chi connectivity index (χ4v) is 2.64. The van der Waals surface area contributed by atoms with Crippen molar-refractivity contribution >= 4 is 11.9 Å². The van der Waals surface area contributed by atoms with Gasteiger partial charge in [-0.25, -0.2) is 4.79 Å². The summed E-state index contributed by atoms with van der Waals surface area (Å²) in [6.45, 7) is 1.03. The van der Waals surface area contributed by atoms with Crippen molar-refractivity contribution in [3.63, 3.8) is 0 Å². The van der Waals surface area contributed by atoms with E-state index in [9.17, 15) is 9.59 Å². The topological polar surface area (TPSA) is 75.6 Å². The van der Waals surface area contributed by atoms with Gasteiger partial charge in [-0.2, -0.15) is 0 Å². The highest BCUT2D eigenvalue weighted by Crippen LogP contribution is 2.41. The Morgan fingerprint density at radius 2 is 1.95 bits per heavy atom. The molecule has 1 aromatic rings. The van der Waals surface area contributed by atoms with E-state index in [-0.39, 0.29) is 16.9 Å². The predicted molar refractivity (Wildman–Crippen MR) is 78.3 cm³/mol. The predicted octanol–water partition coefficient (Wildman–Crippen LogP) is 1.86. The van der Waals surface area contributed by atoms with Crippen LogP contribution in [0.15, 0.2) is 24.3 Å². The molecule has 5 heteroatoms. The van der Waals surface area contributed by atoms with E-state index in [1.165, 1.54) is 0 Å². The fourth-order valence-electron chi connectivity index (χ4n) is 2.64. The van der Waals surface area contributed by atoms with Gasteiger partial charge in [-0.05, 0) is 37.0 Å². The molecule has 0 atom stereocenters. The lowest BCUT2D eigenvalue weighted by molar-refractivity contribution is -0.140. The van der Waals surface area contributed by atoms with Crippen molar-refractivity contribution in [2.24, 2.45) is 5.41 Å². The average molecular weight is 291 g/mol. The molecule has 0 saturated heterocycles. The molecule has 114 valence electrons. The number of ether oxygens (including phenoxy) is 1. The lowest BCUT2D eigenvalue weighted by Gasteiger charge is -2.39. The molecular formula is C16H21NO4. The molecule has 0 bridgehead atoms. The maximum Gasteiger partial charge on any atom is 0.335 e. The second-order valence-corrected chi connectivity index (χ2v) is 5.57. The summed E-state index contributed by atoms with van der Waals surface area (Å²) in [6, 6.07) is 6.73. The molecule has 1 fully saturated rings. The number of carboxylic acids is 1. The van der Waals surface area contributed by atoms with Gasteiger partial charge < -0.3 is 15.2 Å². The van der Waals surface area contributed by atoms with Crippen LogP contribution in [-0.4, -0.2) is 37.2 Å². The SMILES string of the molecule is COCC1(C(=O)NCCc2ccc(C(=O)O)cc2)CCC1. The number of carbonyl (C=O) groups is 2. The van der Waals surface area contributed by atoms with E-state index < -0.39 is 5.97 Å². The summed E-state index contributed by atoms with van der Waals surface area (Å²) in [6.07, 6.45) is 3.54. The van der Waals surface area contributed by atoms with Gasteiger partial charge in [-0.15, -0.1) is 0 Å². The minimum absolute atomic E-state index is 0.0674. The molecule has 0 unspecified atom stereocenters. The molecule has 2 rings (SSSR count). The standard InChI is InChI=1S/C16H21NO4/c1-21-11-16(8-2-9-16)15(20)17-10-7-12-3-5-13(6-4-12)14(18)19/h3-6H,2,7-11H2,1H3,(H,17,20)(H,18,19). The van der Waals surface area contributed by atoms with E-state index in [2.05, 4.69) is 5.32 Å². The lowest BCUT2D eigenvalue weighted by Crippen LogP contribution is -2.49. The van der Waals surface area contributed by atoms with Gasteiger partial charge in [-0.1, -0.05) is 18.6 Å². The number of methoxy groups -OCH3 is 1. The van der Waals surface area contributed by atoms with Crippen LogP contribution in [0.5, 0.6) is 0 Å². The van der Waals surface area contributed by atoms with E-state index >= 15 is 0 Å². The Kier molecular flexibility index (Phi) is 4.96. The maximum atomic E-state index is 12.2. The van der Waals surface area contributed by atoms with E-state index in [0.717, 1.165) is 24.8 Å². The van der Waals surface area contributed by atoms with Crippen LogP contribution in [0.3, 0.4) is 0 Å². The Morgan fingerprint density at radius 3 is 2.43 bits per heavy atom. The number of aromatic carboxylic acids is 1. The zero-order chi connectivity index (χ0) is 15.3. The zero-order valence-electron chi connectivity index (χ0n) is 12.2. The Bertz CT molecular complexity index is 506. The summed E-state index contributed by atoms with van der Waals surface area (Å²) in [7, 11) is 1.62. The molecule has 0 aromatic heterocycles. The van der Waals surface area contributed by atoms with Gasteiger partial charge in [0.05, 0.1) is 17.6 Å². The van der Waals surface area contributed by atoms with Crippen molar-refractivity contribution < 1.29 is 19.4 Å². The van der Waals surface area contributed by atoms with Gasteiger partial charge in [0.2, 0.25) is 5.91 Å². The normalized spacial score (nSPS) is 16.0. The molecule has 0 spiro atoms. The Labute approximate surface area is 124 Å². The molecule has 1 amide bonds. The highest BCUT2D eigenvalue weighted by Gasteiger charge is 2.43. The lowest BCUT2D eigenvalue weighted by atomic mass is 9.68. The number of carboxylic acid groups (broad SMARTS) is 1. The molecule has 2 N–H and O–H groups in total. The van der Waals surface area contributed by atoms with Crippen molar-refractivity contribution in [3.05, 3.63) is 35.4 Å². The molecule has 0 heterocycles. The van der Waals surface area contributed by atoms with Gasteiger partial charge >= 0.3 is 5.97 Å². The molecule has 0 aliphatic heterocycles. The molecule has 1 aromatic carbocycles. The number of nitrogens with one attached hydrogen (secondary N) is 1. The van der Waals surface area contributed by atoms with Gasteiger partial charge in [0.1, 0.15) is 0 Å². The summed E-state index contributed by atoms with van der Waals surface area (Å²) >= 11 is 0.